The van der Waals surface area contributed by atoms with E-state index in [0.717, 1.165) is 24.9 Å². The molecule has 1 amide bonds. The molecule has 3 aliphatic rings. The fraction of sp³-hybridized carbons (Fsp3) is 0.875. The summed E-state index contributed by atoms with van der Waals surface area (Å²) in [6.07, 6.45) is 4.74. The van der Waals surface area contributed by atoms with Crippen LogP contribution in [0.4, 0.5) is 0 Å². The number of carbonyl (C=O) groups is 2. The molecule has 0 radical (unpaired) electrons. The molecule has 3 fully saturated rings. The summed E-state index contributed by atoms with van der Waals surface area (Å²) in [5.41, 5.74) is 0.491. The third kappa shape index (κ3) is 3.57. The van der Waals surface area contributed by atoms with Crippen LogP contribution in [0.3, 0.4) is 0 Å². The van der Waals surface area contributed by atoms with Crippen LogP contribution in [0.25, 0.3) is 0 Å². The number of ether oxygens (including phenoxy) is 1. The molecular formula is C16H27NO4. The van der Waals surface area contributed by atoms with Gasteiger partial charge in [-0.1, -0.05) is 13.8 Å². The summed E-state index contributed by atoms with van der Waals surface area (Å²) < 4.78 is 5.85. The maximum absolute atomic E-state index is 12.2. The zero-order valence-electron chi connectivity index (χ0n) is 13.2. The van der Waals surface area contributed by atoms with Gasteiger partial charge in [-0.25, -0.2) is 0 Å². The van der Waals surface area contributed by atoms with Crippen molar-refractivity contribution in [3.05, 3.63) is 0 Å². The van der Waals surface area contributed by atoms with E-state index < -0.39 is 0 Å². The first kappa shape index (κ1) is 16.3. The molecule has 1 saturated heterocycles. The van der Waals surface area contributed by atoms with Gasteiger partial charge >= 0.3 is 0 Å². The molecule has 0 aromatic rings. The van der Waals surface area contributed by atoms with Crippen molar-refractivity contribution >= 4 is 12.4 Å². The fourth-order valence-corrected chi connectivity index (χ4v) is 3.59. The minimum atomic E-state index is -0.250. The highest BCUT2D eigenvalue weighted by molar-refractivity contribution is 5.77. The summed E-state index contributed by atoms with van der Waals surface area (Å²) in [5.74, 6) is 1.80. The summed E-state index contributed by atoms with van der Waals surface area (Å²) in [5, 5.41) is 6.89. The third-order valence-electron chi connectivity index (χ3n) is 5.41. The van der Waals surface area contributed by atoms with E-state index in [4.69, 9.17) is 14.6 Å². The van der Waals surface area contributed by atoms with Crippen LogP contribution in [-0.2, 0) is 14.3 Å². The Labute approximate surface area is 126 Å². The summed E-state index contributed by atoms with van der Waals surface area (Å²) in [6.45, 7) is 8.40. The Bertz CT molecular complexity index is 378. The lowest BCUT2D eigenvalue weighted by Gasteiger charge is -2.30. The summed E-state index contributed by atoms with van der Waals surface area (Å²) in [6, 6.07) is 0. The number of hydrogen-bond donors (Lipinski definition) is 1. The number of carboxylic acid groups (broad SMARTS) is 1. The molecule has 5 nitrogen and oxygen atoms in total. The van der Waals surface area contributed by atoms with Crippen LogP contribution in [0.2, 0.25) is 0 Å². The lowest BCUT2D eigenvalue weighted by atomic mass is 9.96. The number of amides is 1. The largest absolute Gasteiger partial charge is 0.483 e. The van der Waals surface area contributed by atoms with Crippen LogP contribution in [-0.4, -0.2) is 47.7 Å². The van der Waals surface area contributed by atoms with Crippen LogP contribution < -0.4 is 0 Å². The number of rotatable bonds is 4. The second-order valence-electron chi connectivity index (χ2n) is 7.14. The van der Waals surface area contributed by atoms with Crippen molar-refractivity contribution in [2.24, 2.45) is 17.3 Å². The highest BCUT2D eigenvalue weighted by Gasteiger charge is 2.62. The summed E-state index contributed by atoms with van der Waals surface area (Å²) >= 11 is 0. The first-order valence-corrected chi connectivity index (χ1v) is 7.91. The van der Waals surface area contributed by atoms with E-state index in [9.17, 15) is 4.79 Å². The van der Waals surface area contributed by atoms with Crippen molar-refractivity contribution in [1.29, 1.82) is 0 Å². The topological polar surface area (TPSA) is 66.8 Å². The number of hydrogen-bond acceptors (Lipinski definition) is 3. The van der Waals surface area contributed by atoms with Gasteiger partial charge in [-0.05, 0) is 43.4 Å². The van der Waals surface area contributed by atoms with E-state index in [1.165, 1.54) is 19.3 Å². The van der Waals surface area contributed by atoms with Gasteiger partial charge in [-0.2, -0.15) is 0 Å². The van der Waals surface area contributed by atoms with Gasteiger partial charge in [0.1, 0.15) is 0 Å². The molecular weight excluding hydrogens is 270 g/mol. The molecule has 2 unspecified atom stereocenters. The molecule has 3 atom stereocenters. The Morgan fingerprint density at radius 3 is 2.33 bits per heavy atom. The molecule has 0 spiro atoms. The SMILES string of the molecule is C[C@H](CC(=O)N1CC2C(C1)C2(C)C)OC1CCC1.O=CO. The van der Waals surface area contributed by atoms with Gasteiger partial charge in [0.15, 0.2) is 0 Å². The van der Waals surface area contributed by atoms with Gasteiger partial charge in [-0.3, -0.25) is 9.59 Å². The zero-order valence-corrected chi connectivity index (χ0v) is 13.2. The predicted molar refractivity (Wildman–Crippen MR) is 78.8 cm³/mol. The van der Waals surface area contributed by atoms with E-state index in [1.807, 2.05) is 6.92 Å². The molecule has 0 bridgehead atoms. The van der Waals surface area contributed by atoms with Gasteiger partial charge < -0.3 is 14.7 Å². The van der Waals surface area contributed by atoms with E-state index in [1.54, 1.807) is 0 Å². The lowest BCUT2D eigenvalue weighted by molar-refractivity contribution is -0.136. The van der Waals surface area contributed by atoms with E-state index in [2.05, 4.69) is 18.7 Å². The van der Waals surface area contributed by atoms with Crippen molar-refractivity contribution in [3.63, 3.8) is 0 Å². The number of likely N-dealkylation sites (tertiary alicyclic amines) is 1. The molecule has 2 saturated carbocycles. The standard InChI is InChI=1S/C15H25NO2.CH2O2/c1-10(18-11-5-4-6-11)7-14(17)16-8-12-13(9-16)15(12,2)3;2-1-3/h10-13H,4-9H2,1-3H3;1H,(H,2,3)/t10-,12?,13?;/m1./s1. The molecule has 3 rings (SSSR count). The summed E-state index contributed by atoms with van der Waals surface area (Å²) in [4.78, 5) is 22.6. The monoisotopic (exact) mass is 297 g/mol. The number of piperidine rings is 1. The molecule has 2 aliphatic carbocycles. The normalized spacial score (nSPS) is 30.5. The zero-order chi connectivity index (χ0) is 15.6. The number of carbonyl (C=O) groups excluding carboxylic acids is 1. The van der Waals surface area contributed by atoms with Crippen molar-refractivity contribution < 1.29 is 19.4 Å². The van der Waals surface area contributed by atoms with Crippen LogP contribution in [0.15, 0.2) is 0 Å². The Morgan fingerprint density at radius 2 is 1.90 bits per heavy atom. The van der Waals surface area contributed by atoms with Crippen LogP contribution in [0.1, 0.15) is 46.5 Å². The Morgan fingerprint density at radius 1 is 1.38 bits per heavy atom. The molecule has 1 heterocycles. The lowest BCUT2D eigenvalue weighted by Crippen LogP contribution is -2.36. The van der Waals surface area contributed by atoms with Crippen molar-refractivity contribution in [2.45, 2.75) is 58.7 Å². The van der Waals surface area contributed by atoms with Crippen molar-refractivity contribution in [2.75, 3.05) is 13.1 Å². The molecule has 1 aliphatic heterocycles. The van der Waals surface area contributed by atoms with Crippen LogP contribution >= 0.6 is 0 Å². The van der Waals surface area contributed by atoms with Gasteiger partial charge in [0.25, 0.3) is 6.47 Å². The third-order valence-corrected chi connectivity index (χ3v) is 5.41. The fourth-order valence-electron chi connectivity index (χ4n) is 3.59. The molecule has 120 valence electrons. The maximum atomic E-state index is 12.2. The smallest absolute Gasteiger partial charge is 0.290 e. The Balaban J connectivity index is 0.000000497. The second-order valence-corrected chi connectivity index (χ2v) is 7.14. The van der Waals surface area contributed by atoms with Crippen molar-refractivity contribution in [1.82, 2.24) is 4.90 Å². The summed E-state index contributed by atoms with van der Waals surface area (Å²) in [7, 11) is 0. The van der Waals surface area contributed by atoms with Gasteiger partial charge in [-0.15, -0.1) is 0 Å². The first-order valence-electron chi connectivity index (χ1n) is 7.91. The number of nitrogens with zero attached hydrogens (tertiary/aromatic N) is 1. The van der Waals surface area contributed by atoms with Gasteiger partial charge in [0.2, 0.25) is 5.91 Å². The van der Waals surface area contributed by atoms with Gasteiger partial charge in [0.05, 0.1) is 18.6 Å². The minimum absolute atomic E-state index is 0.0905. The first-order chi connectivity index (χ1) is 9.90. The highest BCUT2D eigenvalue weighted by atomic mass is 16.5. The minimum Gasteiger partial charge on any atom is -0.483 e. The van der Waals surface area contributed by atoms with E-state index >= 15 is 0 Å². The Kier molecular flexibility index (Phi) is 4.91. The molecule has 21 heavy (non-hydrogen) atoms. The average Bonchev–Trinajstić information content (AvgIpc) is 2.78. The maximum Gasteiger partial charge on any atom is 0.290 e. The van der Waals surface area contributed by atoms with Crippen molar-refractivity contribution in [3.8, 4) is 0 Å². The number of fused-ring (bicyclic) bond motifs is 1. The molecule has 0 aromatic carbocycles. The average molecular weight is 297 g/mol. The second kappa shape index (κ2) is 6.34. The quantitative estimate of drug-likeness (QED) is 0.807. The van der Waals surface area contributed by atoms with E-state index in [-0.39, 0.29) is 12.6 Å². The molecule has 5 heteroatoms. The predicted octanol–water partition coefficient (Wildman–Crippen LogP) is 2.15. The van der Waals surface area contributed by atoms with Gasteiger partial charge in [0, 0.05) is 13.1 Å². The molecule has 0 aromatic heterocycles. The van der Waals surface area contributed by atoms with Crippen LogP contribution in [0.5, 0.6) is 0 Å². The molecule has 1 N–H and O–H groups in total. The Hall–Kier alpha value is -1.10. The van der Waals surface area contributed by atoms with E-state index in [0.29, 0.717) is 23.8 Å². The van der Waals surface area contributed by atoms with Crippen LogP contribution in [0, 0.1) is 17.3 Å². The highest BCUT2D eigenvalue weighted by Crippen LogP contribution is 2.61.